The van der Waals surface area contributed by atoms with E-state index in [1.54, 1.807) is 12.4 Å². The molecule has 0 bridgehead atoms. The molecule has 0 aliphatic rings. The number of fused-ring (bicyclic) bond motifs is 3. The van der Waals surface area contributed by atoms with E-state index < -0.39 is 0 Å². The van der Waals surface area contributed by atoms with Gasteiger partial charge in [0.25, 0.3) is 0 Å². The van der Waals surface area contributed by atoms with Crippen LogP contribution < -0.4 is 5.73 Å². The molecule has 0 spiro atoms. The quantitative estimate of drug-likeness (QED) is 0.514. The van der Waals surface area contributed by atoms with Crippen LogP contribution in [-0.4, -0.2) is 19.9 Å². The molecule has 68 valence electrons. The first kappa shape index (κ1) is 7.25. The van der Waals surface area contributed by atoms with Crippen molar-refractivity contribution in [1.82, 2.24) is 19.9 Å². The minimum absolute atomic E-state index is 0.620. The van der Waals surface area contributed by atoms with Gasteiger partial charge in [-0.25, -0.2) is 9.97 Å². The number of imidazole rings is 1. The lowest BCUT2D eigenvalue weighted by Gasteiger charge is -1.99. The predicted octanol–water partition coefficient (Wildman–Crippen LogP) is 1.09. The first-order chi connectivity index (χ1) is 6.86. The zero-order valence-corrected chi connectivity index (χ0v) is 7.23. The van der Waals surface area contributed by atoms with Gasteiger partial charge in [-0.1, -0.05) is 0 Å². The third kappa shape index (κ3) is 0.806. The zero-order chi connectivity index (χ0) is 9.54. The zero-order valence-electron chi connectivity index (χ0n) is 7.23. The third-order valence-corrected chi connectivity index (χ3v) is 2.17. The summed E-state index contributed by atoms with van der Waals surface area (Å²) in [6.07, 6.45) is 4.94. The topological polar surface area (TPSA) is 80.5 Å². The van der Waals surface area contributed by atoms with Gasteiger partial charge in [0.1, 0.15) is 22.9 Å². The molecular weight excluding hydrogens is 178 g/mol. The molecule has 0 saturated carbocycles. The molecular formula is C9H7N5. The van der Waals surface area contributed by atoms with Crippen LogP contribution in [-0.2, 0) is 0 Å². The fourth-order valence-electron chi connectivity index (χ4n) is 1.55. The van der Waals surface area contributed by atoms with E-state index in [9.17, 15) is 0 Å². The van der Waals surface area contributed by atoms with E-state index in [1.165, 1.54) is 6.33 Å². The number of anilines is 1. The van der Waals surface area contributed by atoms with Gasteiger partial charge in [-0.3, -0.25) is 4.98 Å². The molecule has 3 N–H and O–H groups in total. The summed E-state index contributed by atoms with van der Waals surface area (Å²) in [5.41, 5.74) is 9.57. The fraction of sp³-hybridized carbons (Fsp3) is 0. The number of benzene rings is 1. The summed E-state index contributed by atoms with van der Waals surface area (Å²) >= 11 is 0. The van der Waals surface area contributed by atoms with Crippen LogP contribution in [0.5, 0.6) is 0 Å². The number of aromatic nitrogens is 4. The van der Waals surface area contributed by atoms with Crippen molar-refractivity contribution < 1.29 is 0 Å². The van der Waals surface area contributed by atoms with Crippen LogP contribution in [0.25, 0.3) is 22.1 Å². The van der Waals surface area contributed by atoms with Gasteiger partial charge in [-0.15, -0.1) is 0 Å². The summed E-state index contributed by atoms with van der Waals surface area (Å²) in [6.45, 7) is 0. The highest BCUT2D eigenvalue weighted by Crippen LogP contribution is 2.24. The largest absolute Gasteiger partial charge is 0.397 e. The van der Waals surface area contributed by atoms with E-state index in [0.29, 0.717) is 11.2 Å². The van der Waals surface area contributed by atoms with Gasteiger partial charge in [-0.05, 0) is 6.07 Å². The molecule has 1 aromatic carbocycles. The minimum atomic E-state index is 0.620. The van der Waals surface area contributed by atoms with Crippen LogP contribution in [0.4, 0.5) is 5.69 Å². The van der Waals surface area contributed by atoms with Crippen molar-refractivity contribution in [2.24, 2.45) is 0 Å². The van der Waals surface area contributed by atoms with Crippen molar-refractivity contribution in [3.05, 3.63) is 24.8 Å². The minimum Gasteiger partial charge on any atom is -0.397 e. The van der Waals surface area contributed by atoms with E-state index in [2.05, 4.69) is 19.9 Å². The van der Waals surface area contributed by atoms with Crippen molar-refractivity contribution in [1.29, 1.82) is 0 Å². The number of hydrogen-bond donors (Lipinski definition) is 2. The standard InChI is InChI=1S/C9H7N5/c10-5-3-6-8(12-2-1-11-6)9-7(5)13-4-14-9/h1-4,11H,10H2. The predicted molar refractivity (Wildman–Crippen MR) is 53.6 cm³/mol. The summed E-state index contributed by atoms with van der Waals surface area (Å²) in [6, 6.07) is 1.82. The second-order valence-electron chi connectivity index (χ2n) is 3.02. The molecule has 0 aliphatic carbocycles. The second kappa shape index (κ2) is 2.41. The van der Waals surface area contributed by atoms with Crippen LogP contribution in [0.15, 0.2) is 24.8 Å². The molecule has 3 aromatic rings. The number of rotatable bonds is 0. The molecule has 0 saturated heterocycles. The Kier molecular flexibility index (Phi) is 1.25. The highest BCUT2D eigenvalue weighted by atomic mass is 14.9. The monoisotopic (exact) mass is 185 g/mol. The number of H-pyrrole nitrogens is 1. The Morgan fingerprint density at radius 1 is 1.07 bits per heavy atom. The molecule has 0 fully saturated rings. The Bertz CT molecular complexity index is 613. The summed E-state index contributed by atoms with van der Waals surface area (Å²) < 4.78 is 0. The molecule has 5 heteroatoms. The molecule has 0 unspecified atom stereocenters. The average Bonchev–Trinajstić information content (AvgIpc) is 2.67. The fourth-order valence-corrected chi connectivity index (χ4v) is 1.55. The van der Waals surface area contributed by atoms with E-state index in [4.69, 9.17) is 5.73 Å². The van der Waals surface area contributed by atoms with Crippen LogP contribution in [0.1, 0.15) is 0 Å². The molecule has 0 aliphatic heterocycles. The lowest BCUT2D eigenvalue weighted by Crippen LogP contribution is -1.90. The van der Waals surface area contributed by atoms with Gasteiger partial charge in [0, 0.05) is 12.4 Å². The molecule has 0 radical (unpaired) electrons. The van der Waals surface area contributed by atoms with E-state index in [1.807, 2.05) is 6.07 Å². The Morgan fingerprint density at radius 2 is 1.93 bits per heavy atom. The molecule has 14 heavy (non-hydrogen) atoms. The molecule has 5 nitrogen and oxygen atoms in total. The lowest BCUT2D eigenvalue weighted by atomic mass is 10.2. The van der Waals surface area contributed by atoms with Crippen LogP contribution in [0.2, 0.25) is 0 Å². The van der Waals surface area contributed by atoms with Crippen molar-refractivity contribution in [3.8, 4) is 0 Å². The van der Waals surface area contributed by atoms with Crippen molar-refractivity contribution >= 4 is 27.8 Å². The SMILES string of the molecule is Nc1cc2[nH]ccnc2c2ncnc12. The van der Waals surface area contributed by atoms with Gasteiger partial charge in [0.05, 0.1) is 11.2 Å². The number of aromatic amines is 1. The van der Waals surface area contributed by atoms with E-state index >= 15 is 0 Å². The molecule has 2 aromatic heterocycles. The van der Waals surface area contributed by atoms with Crippen LogP contribution in [0.3, 0.4) is 0 Å². The van der Waals surface area contributed by atoms with Gasteiger partial charge in [0.15, 0.2) is 0 Å². The average molecular weight is 185 g/mol. The maximum Gasteiger partial charge on any atom is 0.120 e. The lowest BCUT2D eigenvalue weighted by molar-refractivity contribution is 1.29. The Hall–Kier alpha value is -2.17. The second-order valence-corrected chi connectivity index (χ2v) is 3.02. The maximum absolute atomic E-state index is 5.82. The molecule has 0 amide bonds. The third-order valence-electron chi connectivity index (χ3n) is 2.17. The first-order valence-electron chi connectivity index (χ1n) is 4.18. The summed E-state index contributed by atoms with van der Waals surface area (Å²) in [7, 11) is 0. The summed E-state index contributed by atoms with van der Waals surface area (Å²) in [5, 5.41) is 0. The Balaban J connectivity index is 2.66. The summed E-state index contributed by atoms with van der Waals surface area (Å²) in [5.74, 6) is 0. The van der Waals surface area contributed by atoms with E-state index in [-0.39, 0.29) is 0 Å². The highest BCUT2D eigenvalue weighted by molar-refractivity contribution is 6.05. The van der Waals surface area contributed by atoms with Gasteiger partial charge < -0.3 is 10.7 Å². The Labute approximate surface area is 79.0 Å². The first-order valence-corrected chi connectivity index (χ1v) is 4.18. The van der Waals surface area contributed by atoms with Gasteiger partial charge in [0.2, 0.25) is 0 Å². The number of nitrogens with zero attached hydrogens (tertiary/aromatic N) is 3. The molecule has 2 heterocycles. The summed E-state index contributed by atoms with van der Waals surface area (Å²) in [4.78, 5) is 15.5. The maximum atomic E-state index is 5.82. The van der Waals surface area contributed by atoms with Crippen molar-refractivity contribution in [3.63, 3.8) is 0 Å². The number of nitrogens with two attached hydrogens (primary N) is 1. The van der Waals surface area contributed by atoms with Crippen LogP contribution in [0, 0.1) is 0 Å². The molecule has 3 rings (SSSR count). The van der Waals surface area contributed by atoms with Crippen molar-refractivity contribution in [2.75, 3.05) is 5.73 Å². The van der Waals surface area contributed by atoms with Gasteiger partial charge >= 0.3 is 0 Å². The number of nitrogens with one attached hydrogen (secondary N) is 1. The molecule has 0 atom stereocenters. The normalized spacial score (nSPS) is 11.1. The van der Waals surface area contributed by atoms with Crippen molar-refractivity contribution in [2.45, 2.75) is 0 Å². The van der Waals surface area contributed by atoms with Gasteiger partial charge in [-0.2, -0.15) is 0 Å². The number of hydrogen-bond acceptors (Lipinski definition) is 4. The smallest absolute Gasteiger partial charge is 0.120 e. The highest BCUT2D eigenvalue weighted by Gasteiger charge is 2.07. The number of nitrogen functional groups attached to an aromatic ring is 1. The van der Waals surface area contributed by atoms with Crippen LogP contribution >= 0.6 is 0 Å². The van der Waals surface area contributed by atoms with E-state index in [0.717, 1.165) is 16.6 Å². The Morgan fingerprint density at radius 3 is 2.86 bits per heavy atom.